The van der Waals surface area contributed by atoms with Crippen LogP contribution in [-0.4, -0.2) is 22.2 Å². The van der Waals surface area contributed by atoms with E-state index in [1.165, 1.54) is 23.5 Å². The first kappa shape index (κ1) is 26.2. The van der Waals surface area contributed by atoms with E-state index in [0.717, 1.165) is 28.3 Å². The lowest BCUT2D eigenvalue weighted by molar-refractivity contribution is -0.145. The summed E-state index contributed by atoms with van der Waals surface area (Å²) in [6.07, 6.45) is -3.10. The van der Waals surface area contributed by atoms with Gasteiger partial charge in [-0.05, 0) is 62.2 Å². The number of aromatic nitrogens is 1. The summed E-state index contributed by atoms with van der Waals surface area (Å²) in [7, 11) is 0. The lowest BCUT2D eigenvalue weighted by Crippen LogP contribution is -2.25. The van der Waals surface area contributed by atoms with Crippen LogP contribution in [0.4, 0.5) is 13.2 Å². The van der Waals surface area contributed by atoms with E-state index in [-0.39, 0.29) is 6.61 Å². The minimum absolute atomic E-state index is 0.208. The van der Waals surface area contributed by atoms with E-state index in [0.29, 0.717) is 28.4 Å². The van der Waals surface area contributed by atoms with Crippen LogP contribution in [0.25, 0.3) is 16.3 Å². The summed E-state index contributed by atoms with van der Waals surface area (Å²) in [4.78, 5) is 22.1. The summed E-state index contributed by atoms with van der Waals surface area (Å²) in [5, 5.41) is 9.74. The predicted octanol–water partition coefficient (Wildman–Crippen LogP) is 6.46. The third-order valence-corrected chi connectivity index (χ3v) is 6.30. The minimum atomic E-state index is -4.38. The molecule has 1 heterocycles. The highest BCUT2D eigenvalue weighted by Crippen LogP contribution is 2.33. The van der Waals surface area contributed by atoms with Crippen LogP contribution in [0, 0.1) is 6.92 Å². The van der Waals surface area contributed by atoms with Gasteiger partial charge in [-0.25, -0.2) is 9.78 Å². The van der Waals surface area contributed by atoms with Crippen molar-refractivity contribution in [1.82, 2.24) is 10.5 Å². The molecule has 35 heavy (non-hydrogen) atoms. The highest BCUT2D eigenvalue weighted by Gasteiger charge is 2.30. The molecule has 0 aliphatic heterocycles. The first-order chi connectivity index (χ1) is 16.6. The maximum Gasteiger partial charge on any atom is 0.416 e. The predicted molar refractivity (Wildman–Crippen MR) is 128 cm³/mol. The van der Waals surface area contributed by atoms with Crippen molar-refractivity contribution in [2.24, 2.45) is 0 Å². The number of thiazole rings is 1. The molecule has 0 fully saturated rings. The molecule has 0 aliphatic carbocycles. The van der Waals surface area contributed by atoms with Crippen molar-refractivity contribution >= 4 is 23.0 Å². The molecule has 2 N–H and O–H groups in total. The van der Waals surface area contributed by atoms with Crippen LogP contribution in [0.3, 0.4) is 0 Å². The maximum absolute atomic E-state index is 12.8. The highest BCUT2D eigenvalue weighted by atomic mass is 32.1. The van der Waals surface area contributed by atoms with Gasteiger partial charge in [0.2, 0.25) is 0 Å². The first-order valence-corrected chi connectivity index (χ1v) is 11.6. The van der Waals surface area contributed by atoms with Crippen LogP contribution in [0.15, 0.2) is 54.6 Å². The van der Waals surface area contributed by atoms with Gasteiger partial charge in [-0.3, -0.25) is 10.3 Å². The largest absolute Gasteiger partial charge is 0.479 e. The number of carboxylic acids is 1. The molecule has 186 valence electrons. The number of alkyl halides is 3. The van der Waals surface area contributed by atoms with Crippen LogP contribution in [0.2, 0.25) is 0 Å². The van der Waals surface area contributed by atoms with E-state index >= 15 is 0 Å². The Morgan fingerprint density at radius 3 is 2.37 bits per heavy atom. The van der Waals surface area contributed by atoms with E-state index in [1.54, 1.807) is 31.2 Å². The number of ether oxygens (including phenoxy) is 1. The van der Waals surface area contributed by atoms with Gasteiger partial charge in [0.25, 0.3) is 0 Å². The summed E-state index contributed by atoms with van der Waals surface area (Å²) in [6.45, 7) is 5.61. The molecule has 1 aromatic heterocycles. The normalized spacial score (nSPS) is 12.9. The number of allylic oxidation sites excluding steroid dienone is 1. The van der Waals surface area contributed by atoms with Gasteiger partial charge in [0.05, 0.1) is 21.8 Å². The third kappa shape index (κ3) is 6.83. The van der Waals surface area contributed by atoms with Crippen LogP contribution < -0.4 is 10.2 Å². The number of halogens is 3. The molecular formula is C25H25F3N2O4S. The lowest BCUT2D eigenvalue weighted by Gasteiger charge is -2.14. The van der Waals surface area contributed by atoms with Crippen molar-refractivity contribution in [1.29, 1.82) is 0 Å². The van der Waals surface area contributed by atoms with Crippen molar-refractivity contribution in [3.05, 3.63) is 76.3 Å². The molecule has 1 atom stereocenters. The van der Waals surface area contributed by atoms with Gasteiger partial charge in [0, 0.05) is 5.56 Å². The first-order valence-electron chi connectivity index (χ1n) is 10.8. The SMILES string of the molecule is CC=C(NOCc1sc(-c2ccc(C(F)(F)F)cc2)nc1C)c1ccc(OC(CC)C(=O)O)cc1. The zero-order valence-electron chi connectivity index (χ0n) is 19.3. The average molecular weight is 507 g/mol. The Labute approximate surface area is 205 Å². The number of aliphatic carboxylic acids is 1. The zero-order chi connectivity index (χ0) is 25.6. The second-order valence-corrected chi connectivity index (χ2v) is 8.66. The third-order valence-electron chi connectivity index (χ3n) is 5.12. The van der Waals surface area contributed by atoms with Crippen molar-refractivity contribution in [3.8, 4) is 16.3 Å². The molecule has 0 bridgehead atoms. The number of hydroxylamine groups is 1. The van der Waals surface area contributed by atoms with Gasteiger partial charge in [0.15, 0.2) is 6.10 Å². The summed E-state index contributed by atoms with van der Waals surface area (Å²) in [5.41, 5.74) is 5.06. The number of aryl methyl sites for hydroxylation is 1. The number of carbonyl (C=O) groups is 1. The summed E-state index contributed by atoms with van der Waals surface area (Å²) >= 11 is 1.35. The molecule has 1 unspecified atom stereocenters. The second-order valence-electron chi connectivity index (χ2n) is 7.57. The molecule has 0 saturated carbocycles. The average Bonchev–Trinajstić information content (AvgIpc) is 3.20. The van der Waals surface area contributed by atoms with Gasteiger partial charge in [-0.2, -0.15) is 13.2 Å². The Kier molecular flexibility index (Phi) is 8.52. The molecular weight excluding hydrogens is 481 g/mol. The number of nitrogens with one attached hydrogen (secondary N) is 1. The topological polar surface area (TPSA) is 80.7 Å². The van der Waals surface area contributed by atoms with E-state index in [9.17, 15) is 18.0 Å². The summed E-state index contributed by atoms with van der Waals surface area (Å²) < 4.78 is 43.9. The number of rotatable bonds is 10. The van der Waals surface area contributed by atoms with Crippen molar-refractivity contribution in [2.75, 3.05) is 0 Å². The molecule has 0 saturated heterocycles. The van der Waals surface area contributed by atoms with Crippen molar-refractivity contribution < 1.29 is 32.6 Å². The van der Waals surface area contributed by atoms with Crippen LogP contribution >= 0.6 is 11.3 Å². The zero-order valence-corrected chi connectivity index (χ0v) is 20.2. The molecule has 0 spiro atoms. The van der Waals surface area contributed by atoms with E-state index in [1.807, 2.05) is 19.9 Å². The maximum atomic E-state index is 12.8. The molecule has 10 heteroatoms. The van der Waals surface area contributed by atoms with Gasteiger partial charge in [-0.15, -0.1) is 11.3 Å². The Morgan fingerprint density at radius 1 is 1.17 bits per heavy atom. The fourth-order valence-corrected chi connectivity index (χ4v) is 4.12. The Hall–Kier alpha value is -3.37. The Bertz CT molecular complexity index is 1170. The summed E-state index contributed by atoms with van der Waals surface area (Å²) in [6, 6.07) is 11.9. The summed E-state index contributed by atoms with van der Waals surface area (Å²) in [5.74, 6) is -0.559. The molecule has 0 amide bonds. The van der Waals surface area contributed by atoms with Crippen LogP contribution in [0.1, 0.15) is 42.0 Å². The van der Waals surface area contributed by atoms with Gasteiger partial charge in [0.1, 0.15) is 17.4 Å². The molecule has 6 nitrogen and oxygen atoms in total. The van der Waals surface area contributed by atoms with Crippen molar-refractivity contribution in [3.63, 3.8) is 0 Å². The number of hydrogen-bond acceptors (Lipinski definition) is 6. The molecule has 2 aromatic carbocycles. The van der Waals surface area contributed by atoms with Crippen LogP contribution in [-0.2, 0) is 22.4 Å². The monoisotopic (exact) mass is 506 g/mol. The van der Waals surface area contributed by atoms with Gasteiger partial charge in [-0.1, -0.05) is 25.1 Å². The fraction of sp³-hybridized carbons (Fsp3) is 0.280. The highest BCUT2D eigenvalue weighted by molar-refractivity contribution is 7.15. The van der Waals surface area contributed by atoms with E-state index < -0.39 is 23.8 Å². The Morgan fingerprint density at radius 2 is 1.83 bits per heavy atom. The number of benzene rings is 2. The molecule has 3 rings (SSSR count). The fourth-order valence-electron chi connectivity index (χ4n) is 3.14. The van der Waals surface area contributed by atoms with Crippen LogP contribution in [0.5, 0.6) is 5.75 Å². The standard InChI is InChI=1S/C25H25F3N2O4S/c1-4-20(16-8-12-19(13-9-16)34-21(5-2)24(31)32)30-33-14-22-15(3)29-23(35-22)17-6-10-18(11-7-17)25(26,27)28/h4,6-13,21,30H,5,14H2,1-3H3,(H,31,32). The van der Waals surface area contributed by atoms with Gasteiger partial charge >= 0.3 is 12.1 Å². The smallest absolute Gasteiger partial charge is 0.416 e. The van der Waals surface area contributed by atoms with Gasteiger partial charge < -0.3 is 9.84 Å². The Balaban J connectivity index is 1.60. The number of carboxylic acid groups (broad SMARTS) is 1. The number of nitrogens with zero attached hydrogens (tertiary/aromatic N) is 1. The quantitative estimate of drug-likeness (QED) is 0.307. The lowest BCUT2D eigenvalue weighted by atomic mass is 10.1. The van der Waals surface area contributed by atoms with E-state index in [4.69, 9.17) is 14.7 Å². The second kappa shape index (κ2) is 11.4. The molecule has 0 radical (unpaired) electrons. The molecule has 0 aliphatic rings. The minimum Gasteiger partial charge on any atom is -0.479 e. The van der Waals surface area contributed by atoms with Crippen molar-refractivity contribution in [2.45, 2.75) is 46.1 Å². The molecule has 3 aromatic rings. The number of hydrogen-bond donors (Lipinski definition) is 2. The van der Waals surface area contributed by atoms with E-state index in [2.05, 4.69) is 10.5 Å².